The van der Waals surface area contributed by atoms with Gasteiger partial charge in [0.2, 0.25) is 11.9 Å². The van der Waals surface area contributed by atoms with Gasteiger partial charge in [0.05, 0.1) is 5.69 Å². The predicted molar refractivity (Wildman–Crippen MR) is 115 cm³/mol. The third-order valence-corrected chi connectivity index (χ3v) is 6.35. The number of rotatable bonds is 8. The van der Waals surface area contributed by atoms with E-state index in [1.807, 2.05) is 39.0 Å². The van der Waals surface area contributed by atoms with Gasteiger partial charge >= 0.3 is 0 Å². The molecule has 1 atom stereocenters. The van der Waals surface area contributed by atoms with Crippen LogP contribution in [0.5, 0.6) is 0 Å². The Morgan fingerprint density at radius 3 is 2.68 bits per heavy atom. The molecule has 1 aromatic carbocycles. The minimum Gasteiger partial charge on any atom is -0.368 e. The topological polar surface area (TPSA) is 98.7 Å². The van der Waals surface area contributed by atoms with Gasteiger partial charge in [0.15, 0.2) is 10.3 Å². The van der Waals surface area contributed by atoms with Crippen molar-refractivity contribution < 1.29 is 4.79 Å². The second-order valence-corrected chi connectivity index (χ2v) is 8.63. The fourth-order valence-electron chi connectivity index (χ4n) is 2.78. The summed E-state index contributed by atoms with van der Waals surface area (Å²) in [6.07, 6.45) is 1.47. The van der Waals surface area contributed by atoms with Gasteiger partial charge in [-0.1, -0.05) is 49.0 Å². The van der Waals surface area contributed by atoms with Crippen LogP contribution in [-0.4, -0.2) is 31.4 Å². The molecule has 2 heterocycles. The molecule has 9 heteroatoms. The molecule has 0 saturated carbocycles. The number of anilines is 2. The number of hydrogen-bond donors (Lipinski definition) is 2. The highest BCUT2D eigenvalue weighted by Gasteiger charge is 2.25. The lowest BCUT2D eigenvalue weighted by molar-refractivity contribution is -0.119. The Morgan fingerprint density at radius 2 is 2.04 bits per heavy atom. The van der Waals surface area contributed by atoms with E-state index in [0.717, 1.165) is 22.7 Å². The van der Waals surface area contributed by atoms with Crippen molar-refractivity contribution in [3.8, 4) is 0 Å². The van der Waals surface area contributed by atoms with E-state index in [9.17, 15) is 4.79 Å². The summed E-state index contributed by atoms with van der Waals surface area (Å²) in [6.45, 7) is 5.86. The number of amides is 1. The number of hydrogen-bond acceptors (Lipinski definition) is 7. The van der Waals surface area contributed by atoms with Gasteiger partial charge in [0, 0.05) is 10.6 Å². The van der Waals surface area contributed by atoms with Crippen LogP contribution < -0.4 is 11.1 Å². The third kappa shape index (κ3) is 4.71. The van der Waals surface area contributed by atoms with E-state index in [2.05, 4.69) is 32.6 Å². The summed E-state index contributed by atoms with van der Waals surface area (Å²) in [7, 11) is 0. The van der Waals surface area contributed by atoms with Crippen LogP contribution in [0.15, 0.2) is 35.5 Å². The zero-order valence-corrected chi connectivity index (χ0v) is 17.8. The molecule has 0 aliphatic heterocycles. The molecule has 148 valence electrons. The summed E-state index contributed by atoms with van der Waals surface area (Å²) >= 11 is 3.02. The molecule has 3 rings (SSSR count). The van der Waals surface area contributed by atoms with Gasteiger partial charge in [-0.05, 0) is 32.3 Å². The third-order valence-electron chi connectivity index (χ3n) is 4.42. The quantitative estimate of drug-likeness (QED) is 0.541. The number of aryl methyl sites for hydroxylation is 3. The normalized spacial score (nSPS) is 12.1. The van der Waals surface area contributed by atoms with Crippen molar-refractivity contribution >= 4 is 40.1 Å². The number of thiazole rings is 1. The van der Waals surface area contributed by atoms with Crippen molar-refractivity contribution in [3.05, 3.63) is 46.5 Å². The van der Waals surface area contributed by atoms with Gasteiger partial charge in [-0.2, -0.15) is 0 Å². The van der Waals surface area contributed by atoms with Crippen molar-refractivity contribution in [2.45, 2.75) is 44.8 Å². The Labute approximate surface area is 172 Å². The van der Waals surface area contributed by atoms with E-state index >= 15 is 0 Å². The molecule has 0 spiro atoms. The van der Waals surface area contributed by atoms with E-state index in [-0.39, 0.29) is 11.9 Å². The van der Waals surface area contributed by atoms with Crippen LogP contribution >= 0.6 is 23.1 Å². The Morgan fingerprint density at radius 1 is 1.29 bits per heavy atom. The van der Waals surface area contributed by atoms with Crippen LogP contribution in [0.2, 0.25) is 0 Å². The van der Waals surface area contributed by atoms with E-state index < -0.39 is 6.04 Å². The Balaban J connectivity index is 1.71. The zero-order valence-electron chi connectivity index (χ0n) is 16.2. The van der Waals surface area contributed by atoms with E-state index in [1.54, 1.807) is 16.3 Å². The molecule has 0 radical (unpaired) electrons. The molecular formula is C19H24N6OS2. The largest absolute Gasteiger partial charge is 0.368 e. The molecule has 3 aromatic rings. The molecule has 1 unspecified atom stereocenters. The highest BCUT2D eigenvalue weighted by atomic mass is 32.2. The molecule has 0 aliphatic carbocycles. The lowest BCUT2D eigenvalue weighted by Crippen LogP contribution is -2.27. The lowest BCUT2D eigenvalue weighted by atomic mass is 10.2. The Kier molecular flexibility index (Phi) is 6.69. The number of carbonyl (C=O) groups excluding carboxylic acids is 1. The van der Waals surface area contributed by atoms with Gasteiger partial charge in [0.25, 0.3) is 0 Å². The monoisotopic (exact) mass is 416 g/mol. The van der Waals surface area contributed by atoms with Crippen LogP contribution in [-0.2, 0) is 11.2 Å². The van der Waals surface area contributed by atoms with Gasteiger partial charge in [-0.25, -0.2) is 4.98 Å². The number of nitrogen functional groups attached to an aromatic ring is 1. The highest BCUT2D eigenvalue weighted by molar-refractivity contribution is 7.99. The van der Waals surface area contributed by atoms with Crippen molar-refractivity contribution in [1.29, 1.82) is 0 Å². The van der Waals surface area contributed by atoms with Crippen molar-refractivity contribution in [1.82, 2.24) is 19.7 Å². The molecule has 2 aromatic heterocycles. The standard InChI is InChI=1S/C19H24N6OS2/c1-4-15(16(26)22-18-21-12(2)13(3)28-18)25-17(20)23-24-19(25)27-11-10-14-8-6-5-7-9-14/h5-9,15H,4,10-11H2,1-3H3,(H2,20,23)(H,21,22,26). The summed E-state index contributed by atoms with van der Waals surface area (Å²) < 4.78 is 1.72. The fourth-order valence-corrected chi connectivity index (χ4v) is 4.58. The van der Waals surface area contributed by atoms with Crippen molar-refractivity contribution in [3.63, 3.8) is 0 Å². The maximum Gasteiger partial charge on any atom is 0.249 e. The van der Waals surface area contributed by atoms with Crippen LogP contribution in [0.1, 0.15) is 35.5 Å². The van der Waals surface area contributed by atoms with E-state index in [1.165, 1.54) is 16.9 Å². The predicted octanol–water partition coefficient (Wildman–Crippen LogP) is 3.86. The van der Waals surface area contributed by atoms with Crippen LogP contribution in [0.25, 0.3) is 0 Å². The van der Waals surface area contributed by atoms with Crippen LogP contribution in [0.4, 0.5) is 11.1 Å². The van der Waals surface area contributed by atoms with Gasteiger partial charge in [0.1, 0.15) is 6.04 Å². The smallest absolute Gasteiger partial charge is 0.249 e. The number of nitrogens with zero attached hydrogens (tertiary/aromatic N) is 4. The first-order chi connectivity index (χ1) is 13.5. The molecule has 3 N–H and O–H groups in total. The maximum atomic E-state index is 12.9. The van der Waals surface area contributed by atoms with E-state index in [4.69, 9.17) is 5.73 Å². The average molecular weight is 417 g/mol. The second-order valence-electron chi connectivity index (χ2n) is 6.37. The van der Waals surface area contributed by atoms with Crippen molar-refractivity contribution in [2.75, 3.05) is 16.8 Å². The molecule has 0 aliphatic rings. The molecule has 0 bridgehead atoms. The number of carbonyl (C=O) groups is 1. The first kappa shape index (κ1) is 20.3. The lowest BCUT2D eigenvalue weighted by Gasteiger charge is -2.18. The number of nitrogens with one attached hydrogen (secondary N) is 1. The van der Waals surface area contributed by atoms with Gasteiger partial charge < -0.3 is 11.1 Å². The zero-order chi connectivity index (χ0) is 20.1. The number of nitrogens with two attached hydrogens (primary N) is 1. The van der Waals surface area contributed by atoms with Crippen LogP contribution in [0, 0.1) is 13.8 Å². The first-order valence-electron chi connectivity index (χ1n) is 9.11. The van der Waals surface area contributed by atoms with E-state index in [0.29, 0.717) is 16.7 Å². The molecule has 7 nitrogen and oxygen atoms in total. The summed E-state index contributed by atoms with van der Waals surface area (Å²) in [4.78, 5) is 18.3. The molecule has 1 amide bonds. The minimum absolute atomic E-state index is 0.160. The molecule has 28 heavy (non-hydrogen) atoms. The maximum absolute atomic E-state index is 12.9. The Bertz CT molecular complexity index is 918. The molecule has 0 fully saturated rings. The number of thioether (sulfide) groups is 1. The minimum atomic E-state index is -0.487. The van der Waals surface area contributed by atoms with Gasteiger partial charge in [-0.3, -0.25) is 9.36 Å². The molecular weight excluding hydrogens is 392 g/mol. The number of benzene rings is 1. The molecule has 0 saturated heterocycles. The average Bonchev–Trinajstić information content (AvgIpc) is 3.19. The van der Waals surface area contributed by atoms with Crippen LogP contribution in [0.3, 0.4) is 0 Å². The fraction of sp³-hybridized carbons (Fsp3) is 0.368. The summed E-state index contributed by atoms with van der Waals surface area (Å²) in [5, 5.41) is 12.3. The summed E-state index contributed by atoms with van der Waals surface area (Å²) in [6, 6.07) is 9.77. The highest BCUT2D eigenvalue weighted by Crippen LogP contribution is 2.28. The first-order valence-corrected chi connectivity index (χ1v) is 10.9. The van der Waals surface area contributed by atoms with Gasteiger partial charge in [-0.15, -0.1) is 21.5 Å². The van der Waals surface area contributed by atoms with Crippen molar-refractivity contribution in [2.24, 2.45) is 0 Å². The SMILES string of the molecule is CCC(C(=O)Nc1nc(C)c(C)s1)n1c(N)nnc1SCCc1ccccc1. The summed E-state index contributed by atoms with van der Waals surface area (Å²) in [5.41, 5.74) is 8.23. The second kappa shape index (κ2) is 9.20. The Hall–Kier alpha value is -2.39. The number of aromatic nitrogens is 4. The summed E-state index contributed by atoms with van der Waals surface area (Å²) in [5.74, 6) is 0.911.